The van der Waals surface area contributed by atoms with Gasteiger partial charge in [0.15, 0.2) is 0 Å². The highest BCUT2D eigenvalue weighted by atomic mass is 16.5. The molecule has 0 bridgehead atoms. The van der Waals surface area contributed by atoms with Crippen molar-refractivity contribution in [2.45, 2.75) is 38.6 Å². The Kier molecular flexibility index (Phi) is 3.56. The van der Waals surface area contributed by atoms with Crippen molar-refractivity contribution in [3.63, 3.8) is 0 Å². The van der Waals surface area contributed by atoms with E-state index in [9.17, 15) is 4.79 Å². The lowest BCUT2D eigenvalue weighted by Crippen LogP contribution is -2.27. The molecule has 2 aliphatic rings. The minimum atomic E-state index is 0.0353. The molecule has 23 heavy (non-hydrogen) atoms. The summed E-state index contributed by atoms with van der Waals surface area (Å²) in [6.45, 7) is 1.32. The lowest BCUT2D eigenvalue weighted by Gasteiger charge is -2.20. The van der Waals surface area contributed by atoms with Crippen molar-refractivity contribution in [3.8, 4) is 5.75 Å². The molecular weight excluding hydrogens is 290 g/mol. The van der Waals surface area contributed by atoms with Crippen LogP contribution in [0.3, 0.4) is 0 Å². The van der Waals surface area contributed by atoms with Gasteiger partial charge in [-0.2, -0.15) is 5.10 Å². The van der Waals surface area contributed by atoms with E-state index in [-0.39, 0.29) is 5.91 Å². The van der Waals surface area contributed by atoms with Crippen molar-refractivity contribution in [3.05, 3.63) is 46.3 Å². The molecule has 2 heterocycles. The van der Waals surface area contributed by atoms with Crippen molar-refractivity contribution < 1.29 is 9.53 Å². The number of ether oxygens (including phenoxy) is 1. The van der Waals surface area contributed by atoms with E-state index in [1.807, 2.05) is 25.2 Å². The molecule has 120 valence electrons. The van der Waals surface area contributed by atoms with E-state index in [4.69, 9.17) is 4.74 Å². The third-order valence-corrected chi connectivity index (χ3v) is 4.78. The van der Waals surface area contributed by atoms with Gasteiger partial charge in [0.05, 0.1) is 18.8 Å². The minimum Gasteiger partial charge on any atom is -0.493 e. The predicted octanol–water partition coefficient (Wildman–Crippen LogP) is 2.50. The number of amides is 1. The molecule has 4 rings (SSSR count). The van der Waals surface area contributed by atoms with Crippen molar-refractivity contribution in [2.75, 3.05) is 13.7 Å². The van der Waals surface area contributed by atoms with Gasteiger partial charge in [0.2, 0.25) is 0 Å². The van der Waals surface area contributed by atoms with E-state index in [1.165, 1.54) is 17.7 Å². The van der Waals surface area contributed by atoms with Gasteiger partial charge in [-0.05, 0) is 61.4 Å². The Morgan fingerprint density at radius 3 is 3.13 bits per heavy atom. The summed E-state index contributed by atoms with van der Waals surface area (Å²) in [5.74, 6) is 0.952. The first-order valence-corrected chi connectivity index (χ1v) is 8.28. The molecule has 1 aromatic carbocycles. The van der Waals surface area contributed by atoms with Crippen LogP contribution in [0.15, 0.2) is 18.2 Å². The van der Waals surface area contributed by atoms with Crippen LogP contribution >= 0.6 is 0 Å². The molecule has 0 fully saturated rings. The fraction of sp³-hybridized carbons (Fsp3) is 0.444. The number of aryl methyl sites for hydroxylation is 2. The van der Waals surface area contributed by atoms with Gasteiger partial charge >= 0.3 is 0 Å². The van der Waals surface area contributed by atoms with E-state index in [2.05, 4.69) is 10.2 Å². The third kappa shape index (κ3) is 2.60. The molecule has 0 atom stereocenters. The number of carbonyl (C=O) groups excluding carboxylic acids is 1. The Hall–Kier alpha value is -2.30. The summed E-state index contributed by atoms with van der Waals surface area (Å²) >= 11 is 0. The summed E-state index contributed by atoms with van der Waals surface area (Å²) in [5.41, 5.74) is 5.42. The van der Waals surface area contributed by atoms with E-state index in [1.54, 1.807) is 4.90 Å². The molecule has 0 unspecified atom stereocenters. The summed E-state index contributed by atoms with van der Waals surface area (Å²) in [5, 5.41) is 7.49. The van der Waals surface area contributed by atoms with Gasteiger partial charge in [-0.3, -0.25) is 9.89 Å². The Bertz CT molecular complexity index is 751. The highest BCUT2D eigenvalue weighted by molar-refractivity contribution is 5.94. The topological polar surface area (TPSA) is 58.2 Å². The molecule has 1 amide bonds. The normalized spacial score (nSPS) is 15.7. The summed E-state index contributed by atoms with van der Waals surface area (Å²) in [7, 11) is 1.84. The summed E-state index contributed by atoms with van der Waals surface area (Å²) < 4.78 is 5.62. The molecular formula is C18H21N3O2. The van der Waals surface area contributed by atoms with Crippen LogP contribution in [0.2, 0.25) is 0 Å². The number of fused-ring (bicyclic) bond motifs is 2. The zero-order valence-corrected chi connectivity index (χ0v) is 13.4. The van der Waals surface area contributed by atoms with Crippen molar-refractivity contribution in [1.29, 1.82) is 0 Å². The van der Waals surface area contributed by atoms with Gasteiger partial charge in [-0.1, -0.05) is 0 Å². The van der Waals surface area contributed by atoms with Crippen LogP contribution in [0.1, 0.15) is 45.7 Å². The molecule has 2 aromatic rings. The average molecular weight is 311 g/mol. The Balaban J connectivity index is 1.51. The van der Waals surface area contributed by atoms with Crippen LogP contribution < -0.4 is 4.74 Å². The maximum atomic E-state index is 12.7. The highest BCUT2D eigenvalue weighted by Gasteiger charge is 2.22. The van der Waals surface area contributed by atoms with Crippen molar-refractivity contribution in [1.82, 2.24) is 15.1 Å². The van der Waals surface area contributed by atoms with Crippen molar-refractivity contribution >= 4 is 5.91 Å². The molecule has 0 spiro atoms. The van der Waals surface area contributed by atoms with Crippen LogP contribution in [0.4, 0.5) is 0 Å². The number of carbonyl (C=O) groups is 1. The highest BCUT2D eigenvalue weighted by Crippen LogP contribution is 2.27. The van der Waals surface area contributed by atoms with Gasteiger partial charge in [-0.15, -0.1) is 0 Å². The number of nitrogens with zero attached hydrogens (tertiary/aromatic N) is 2. The first-order chi connectivity index (χ1) is 11.2. The third-order valence-electron chi connectivity index (χ3n) is 4.78. The van der Waals surface area contributed by atoms with Gasteiger partial charge in [0.25, 0.3) is 5.91 Å². The number of aromatic nitrogens is 2. The lowest BCUT2D eigenvalue weighted by atomic mass is 10.0. The number of aromatic amines is 1. The molecule has 1 aliphatic carbocycles. The average Bonchev–Trinajstić information content (AvgIpc) is 3.18. The second-order valence-electron chi connectivity index (χ2n) is 6.42. The first-order valence-electron chi connectivity index (χ1n) is 8.28. The van der Waals surface area contributed by atoms with Crippen LogP contribution in [-0.4, -0.2) is 34.7 Å². The molecule has 1 N–H and O–H groups in total. The Labute approximate surface area is 135 Å². The smallest absolute Gasteiger partial charge is 0.253 e. The van der Waals surface area contributed by atoms with E-state index < -0.39 is 0 Å². The van der Waals surface area contributed by atoms with Gasteiger partial charge in [0.1, 0.15) is 5.75 Å². The van der Waals surface area contributed by atoms with Crippen LogP contribution in [-0.2, 0) is 25.8 Å². The molecule has 5 heteroatoms. The number of benzene rings is 1. The molecule has 0 saturated heterocycles. The summed E-state index contributed by atoms with van der Waals surface area (Å²) in [6, 6.07) is 5.75. The standard InChI is InChI=1S/C18H21N3O2/c1-21(11-16-14-5-2-6-15(14)19-20-16)18(22)13-7-8-17-12(10-13)4-3-9-23-17/h7-8,10H,2-6,9,11H2,1H3,(H,19,20). The van der Waals surface area contributed by atoms with Crippen molar-refractivity contribution in [2.24, 2.45) is 0 Å². The van der Waals surface area contributed by atoms with E-state index in [0.717, 1.165) is 54.9 Å². The Morgan fingerprint density at radius 1 is 1.30 bits per heavy atom. The number of hydrogen-bond donors (Lipinski definition) is 1. The number of H-pyrrole nitrogens is 1. The van der Waals surface area contributed by atoms with Crippen LogP contribution in [0.25, 0.3) is 0 Å². The maximum Gasteiger partial charge on any atom is 0.253 e. The summed E-state index contributed by atoms with van der Waals surface area (Å²) in [4.78, 5) is 14.5. The van der Waals surface area contributed by atoms with E-state index in [0.29, 0.717) is 6.54 Å². The quantitative estimate of drug-likeness (QED) is 0.947. The fourth-order valence-electron chi connectivity index (χ4n) is 3.53. The van der Waals surface area contributed by atoms with Crippen LogP contribution in [0.5, 0.6) is 5.75 Å². The van der Waals surface area contributed by atoms with Gasteiger partial charge < -0.3 is 9.64 Å². The molecule has 1 aliphatic heterocycles. The largest absolute Gasteiger partial charge is 0.493 e. The summed E-state index contributed by atoms with van der Waals surface area (Å²) in [6.07, 6.45) is 5.32. The zero-order valence-electron chi connectivity index (χ0n) is 13.4. The second-order valence-corrected chi connectivity index (χ2v) is 6.42. The monoisotopic (exact) mass is 311 g/mol. The van der Waals surface area contributed by atoms with Gasteiger partial charge in [-0.25, -0.2) is 0 Å². The number of nitrogens with one attached hydrogen (secondary N) is 1. The first kappa shape index (κ1) is 14.3. The molecule has 0 radical (unpaired) electrons. The molecule has 1 aromatic heterocycles. The molecule has 5 nitrogen and oxygen atoms in total. The second kappa shape index (κ2) is 5.72. The zero-order chi connectivity index (χ0) is 15.8. The lowest BCUT2D eigenvalue weighted by molar-refractivity contribution is 0.0783. The number of rotatable bonds is 3. The van der Waals surface area contributed by atoms with Crippen LogP contribution in [0, 0.1) is 0 Å². The maximum absolute atomic E-state index is 12.7. The predicted molar refractivity (Wildman–Crippen MR) is 86.7 cm³/mol. The Morgan fingerprint density at radius 2 is 2.22 bits per heavy atom. The van der Waals surface area contributed by atoms with Gasteiger partial charge in [0, 0.05) is 18.3 Å². The molecule has 0 saturated carbocycles. The number of hydrogen-bond acceptors (Lipinski definition) is 3. The minimum absolute atomic E-state index is 0.0353. The fourth-order valence-corrected chi connectivity index (χ4v) is 3.53. The SMILES string of the molecule is CN(Cc1n[nH]c2c1CCC2)C(=O)c1ccc2c(c1)CCCO2. The van der Waals surface area contributed by atoms with E-state index >= 15 is 0 Å².